The minimum atomic E-state index is -3.39. The summed E-state index contributed by atoms with van der Waals surface area (Å²) in [6, 6.07) is 8.51. The summed E-state index contributed by atoms with van der Waals surface area (Å²) in [5.74, 6) is 0.104. The van der Waals surface area contributed by atoms with E-state index < -0.39 is 15.4 Å². The van der Waals surface area contributed by atoms with Crippen LogP contribution in [0.25, 0.3) is 0 Å². The summed E-state index contributed by atoms with van der Waals surface area (Å²) >= 11 is 0. The second-order valence-corrected chi connectivity index (χ2v) is 8.16. The first-order chi connectivity index (χ1) is 9.91. The lowest BCUT2D eigenvalue weighted by Gasteiger charge is -2.44. The molecule has 0 N–H and O–H groups in total. The number of hydrogen-bond donors (Lipinski definition) is 0. The summed E-state index contributed by atoms with van der Waals surface area (Å²) in [7, 11) is -3.39. The molecule has 0 radical (unpaired) electrons. The fourth-order valence-corrected chi connectivity index (χ4v) is 4.86. The van der Waals surface area contributed by atoms with Crippen LogP contribution in [0.4, 0.5) is 0 Å². The Kier molecular flexibility index (Phi) is 3.67. The predicted octanol–water partition coefficient (Wildman–Crippen LogP) is 2.91. The fraction of sp³-hybridized carbons (Fsp3) is 0.500. The van der Waals surface area contributed by atoms with Crippen molar-refractivity contribution in [1.82, 2.24) is 0 Å². The van der Waals surface area contributed by atoms with Crippen LogP contribution in [0.1, 0.15) is 26.7 Å². The topological polar surface area (TPSA) is 52.6 Å². The summed E-state index contributed by atoms with van der Waals surface area (Å²) in [6.07, 6.45) is 3.76. The molecule has 1 fully saturated rings. The Bertz CT molecular complexity index is 650. The lowest BCUT2D eigenvalue weighted by molar-refractivity contribution is -0.409. The van der Waals surface area contributed by atoms with Gasteiger partial charge in [0.2, 0.25) is 0 Å². The van der Waals surface area contributed by atoms with Crippen LogP contribution in [0, 0.1) is 5.92 Å². The zero-order valence-electron chi connectivity index (χ0n) is 12.3. The highest BCUT2D eigenvalue weighted by Gasteiger charge is 2.47. The van der Waals surface area contributed by atoms with E-state index in [-0.39, 0.29) is 17.8 Å². The first kappa shape index (κ1) is 14.8. The maximum absolute atomic E-state index is 12.6. The summed E-state index contributed by atoms with van der Waals surface area (Å²) in [6.45, 7) is 3.86. The van der Waals surface area contributed by atoms with Gasteiger partial charge in [-0.25, -0.2) is 18.2 Å². The number of fused-ring (bicyclic) bond motifs is 2. The highest BCUT2D eigenvalue weighted by molar-refractivity contribution is 7.91. The Morgan fingerprint density at radius 3 is 2.71 bits per heavy atom. The molecule has 1 saturated heterocycles. The number of allylic oxidation sites excluding steroid dienone is 1. The molecule has 0 spiro atoms. The maximum Gasteiger partial charge on any atom is 0.181 e. The van der Waals surface area contributed by atoms with Crippen LogP contribution in [-0.4, -0.2) is 25.9 Å². The van der Waals surface area contributed by atoms with Gasteiger partial charge >= 0.3 is 0 Å². The fourth-order valence-electron chi connectivity index (χ4n) is 3.08. The van der Waals surface area contributed by atoms with E-state index >= 15 is 0 Å². The zero-order chi connectivity index (χ0) is 15.1. The van der Waals surface area contributed by atoms with Crippen molar-refractivity contribution in [2.75, 3.05) is 5.75 Å². The van der Waals surface area contributed by atoms with Gasteiger partial charge in [0.05, 0.1) is 10.6 Å². The van der Waals surface area contributed by atoms with Crippen LogP contribution in [0.15, 0.2) is 46.9 Å². The maximum atomic E-state index is 12.6. The molecule has 0 saturated carbocycles. The molecule has 1 aromatic rings. The first-order valence-corrected chi connectivity index (χ1v) is 8.85. The van der Waals surface area contributed by atoms with Gasteiger partial charge in [0, 0.05) is 0 Å². The van der Waals surface area contributed by atoms with E-state index in [9.17, 15) is 8.42 Å². The van der Waals surface area contributed by atoms with Crippen molar-refractivity contribution >= 4 is 9.84 Å². The molecule has 4 nitrogen and oxygen atoms in total. The van der Waals surface area contributed by atoms with Gasteiger partial charge in [-0.15, -0.1) is 0 Å². The molecule has 2 aliphatic rings. The van der Waals surface area contributed by atoms with E-state index in [1.54, 1.807) is 30.3 Å². The molecule has 0 amide bonds. The van der Waals surface area contributed by atoms with E-state index in [1.807, 2.05) is 13.8 Å². The second kappa shape index (κ2) is 5.23. The summed E-state index contributed by atoms with van der Waals surface area (Å²) in [5.41, 5.74) is 0.363. The van der Waals surface area contributed by atoms with Gasteiger partial charge in [-0.1, -0.05) is 24.3 Å². The Morgan fingerprint density at radius 2 is 2.00 bits per heavy atom. The van der Waals surface area contributed by atoms with Crippen LogP contribution in [0.3, 0.4) is 0 Å². The average Bonchev–Trinajstić information content (AvgIpc) is 2.46. The Morgan fingerprint density at radius 1 is 1.29 bits per heavy atom. The van der Waals surface area contributed by atoms with Crippen molar-refractivity contribution in [2.24, 2.45) is 5.92 Å². The van der Waals surface area contributed by atoms with Gasteiger partial charge in [-0.05, 0) is 50.3 Å². The second-order valence-electron chi connectivity index (χ2n) is 6.17. The summed E-state index contributed by atoms with van der Waals surface area (Å²) in [4.78, 5) is 11.3. The number of rotatable bonds is 3. The van der Waals surface area contributed by atoms with E-state index in [0.29, 0.717) is 4.90 Å². The Labute approximate surface area is 125 Å². The molecule has 0 aromatic heterocycles. The number of benzene rings is 1. The van der Waals surface area contributed by atoms with E-state index in [0.717, 1.165) is 12.8 Å². The Balaban J connectivity index is 1.84. The smallest absolute Gasteiger partial charge is 0.181 e. The first-order valence-electron chi connectivity index (χ1n) is 7.20. The summed E-state index contributed by atoms with van der Waals surface area (Å²) in [5, 5.41) is 0. The van der Waals surface area contributed by atoms with Gasteiger partial charge in [0.1, 0.15) is 11.7 Å². The van der Waals surface area contributed by atoms with Crippen molar-refractivity contribution in [3.8, 4) is 0 Å². The van der Waals surface area contributed by atoms with Crippen LogP contribution in [0.5, 0.6) is 0 Å². The normalized spacial score (nSPS) is 32.6. The molecule has 1 aromatic carbocycles. The molecule has 0 unspecified atom stereocenters. The minimum absolute atomic E-state index is 0.0312. The molecule has 2 bridgehead atoms. The molecule has 3 atom stereocenters. The minimum Gasteiger partial charge on any atom is -0.228 e. The molecule has 21 heavy (non-hydrogen) atoms. The summed E-state index contributed by atoms with van der Waals surface area (Å²) < 4.78 is 25.2. The van der Waals surface area contributed by atoms with Crippen molar-refractivity contribution < 1.29 is 18.2 Å². The Hall–Kier alpha value is -1.17. The third kappa shape index (κ3) is 2.78. The third-order valence-corrected chi connectivity index (χ3v) is 6.47. The van der Waals surface area contributed by atoms with Crippen LogP contribution in [-0.2, 0) is 19.6 Å². The van der Waals surface area contributed by atoms with Gasteiger partial charge < -0.3 is 0 Å². The molecular weight excluding hydrogens is 288 g/mol. The molecule has 1 heterocycles. The highest BCUT2D eigenvalue weighted by Crippen LogP contribution is 2.42. The van der Waals surface area contributed by atoms with E-state index in [2.05, 4.69) is 6.08 Å². The number of sulfone groups is 1. The van der Waals surface area contributed by atoms with Crippen LogP contribution in [0.2, 0.25) is 0 Å². The quantitative estimate of drug-likeness (QED) is 0.636. The molecule has 1 aliphatic carbocycles. The van der Waals surface area contributed by atoms with E-state index in [4.69, 9.17) is 9.78 Å². The lowest BCUT2D eigenvalue weighted by Crippen LogP contribution is -2.51. The third-order valence-electron chi connectivity index (χ3n) is 4.53. The van der Waals surface area contributed by atoms with Crippen molar-refractivity contribution in [2.45, 2.75) is 43.3 Å². The van der Waals surface area contributed by atoms with Gasteiger partial charge in [0.15, 0.2) is 9.84 Å². The van der Waals surface area contributed by atoms with Gasteiger partial charge in [-0.3, -0.25) is 0 Å². The van der Waals surface area contributed by atoms with E-state index in [1.165, 1.54) is 5.57 Å². The molecule has 3 rings (SSSR count). The zero-order valence-corrected chi connectivity index (χ0v) is 13.1. The van der Waals surface area contributed by atoms with Crippen molar-refractivity contribution in [3.63, 3.8) is 0 Å². The average molecular weight is 308 g/mol. The number of hydrogen-bond acceptors (Lipinski definition) is 4. The molecular formula is C16H20O4S. The molecule has 5 heteroatoms. The largest absolute Gasteiger partial charge is 0.228 e. The van der Waals surface area contributed by atoms with Gasteiger partial charge in [0.25, 0.3) is 0 Å². The lowest BCUT2D eigenvalue weighted by atomic mass is 9.77. The van der Waals surface area contributed by atoms with Gasteiger partial charge in [-0.2, -0.15) is 0 Å². The molecule has 1 aliphatic heterocycles. The highest BCUT2D eigenvalue weighted by atomic mass is 32.2. The predicted molar refractivity (Wildman–Crippen MR) is 79.3 cm³/mol. The SMILES string of the molecule is CC1=CC[C@@H]2C[C@H]1OO[C@]2(C)CS(=O)(=O)c1ccccc1. The van der Waals surface area contributed by atoms with Crippen molar-refractivity contribution in [1.29, 1.82) is 0 Å². The van der Waals surface area contributed by atoms with Crippen LogP contribution >= 0.6 is 0 Å². The van der Waals surface area contributed by atoms with Crippen LogP contribution < -0.4 is 0 Å². The molecule has 114 valence electrons. The van der Waals surface area contributed by atoms with Crippen molar-refractivity contribution in [3.05, 3.63) is 42.0 Å². The monoisotopic (exact) mass is 308 g/mol. The standard InChI is InChI=1S/C16H20O4S/c1-12-8-9-13-10-15(12)19-20-16(13,2)11-21(17,18)14-6-4-3-5-7-14/h3-8,13,15H,9-11H2,1-2H3/t13-,15-,16-/m1/s1.